The van der Waals surface area contributed by atoms with Crippen LogP contribution >= 0.6 is 0 Å². The molecule has 1 unspecified atom stereocenters. The summed E-state index contributed by atoms with van der Waals surface area (Å²) in [5, 5.41) is 0. The van der Waals surface area contributed by atoms with Crippen LogP contribution < -0.4 is 0 Å². The van der Waals surface area contributed by atoms with Gasteiger partial charge in [0, 0.05) is 0 Å². The molecule has 0 bridgehead atoms. The number of carbonyl (C=O) groups excluding carboxylic acids is 1. The van der Waals surface area contributed by atoms with Gasteiger partial charge in [0.05, 0.1) is 5.60 Å². The Hall–Kier alpha value is -0.370. The van der Waals surface area contributed by atoms with Gasteiger partial charge in [-0.3, -0.25) is 0 Å². The minimum atomic E-state index is -0.130. The van der Waals surface area contributed by atoms with Crippen molar-refractivity contribution in [3.05, 3.63) is 0 Å². The summed E-state index contributed by atoms with van der Waals surface area (Å²) < 4.78 is 5.63. The minimum absolute atomic E-state index is 0.0194. The molecule has 0 radical (unpaired) electrons. The third-order valence-electron chi connectivity index (χ3n) is 2.73. The van der Waals surface area contributed by atoms with E-state index in [2.05, 4.69) is 13.8 Å². The van der Waals surface area contributed by atoms with Crippen molar-refractivity contribution in [1.29, 1.82) is 0 Å². The second-order valence-electron chi connectivity index (χ2n) is 3.22. The van der Waals surface area contributed by atoms with Gasteiger partial charge in [-0.2, -0.15) is 0 Å². The molecule has 0 aromatic rings. The SMILES string of the molecule is CCC1(CC)CCC(C=O)O1. The van der Waals surface area contributed by atoms with Gasteiger partial charge >= 0.3 is 0 Å². The maximum absolute atomic E-state index is 10.4. The normalized spacial score (nSPS) is 28.7. The molecule has 1 fully saturated rings. The number of hydrogen-bond acceptors (Lipinski definition) is 2. The van der Waals surface area contributed by atoms with Crippen LogP contribution in [0.1, 0.15) is 39.5 Å². The second kappa shape index (κ2) is 3.35. The number of rotatable bonds is 3. The van der Waals surface area contributed by atoms with E-state index in [1.807, 2.05) is 0 Å². The van der Waals surface area contributed by atoms with Crippen LogP contribution in [0.5, 0.6) is 0 Å². The molecule has 0 aliphatic carbocycles. The lowest BCUT2D eigenvalue weighted by Crippen LogP contribution is -2.27. The standard InChI is InChI=1S/C9H16O2/c1-3-9(4-2)6-5-8(7-10)11-9/h7-8H,3-6H2,1-2H3. The summed E-state index contributed by atoms with van der Waals surface area (Å²) >= 11 is 0. The molecular weight excluding hydrogens is 140 g/mol. The van der Waals surface area contributed by atoms with Crippen molar-refractivity contribution < 1.29 is 9.53 Å². The lowest BCUT2D eigenvalue weighted by atomic mass is 9.94. The topological polar surface area (TPSA) is 26.3 Å². The molecule has 1 heterocycles. The van der Waals surface area contributed by atoms with E-state index in [9.17, 15) is 4.79 Å². The number of aldehydes is 1. The van der Waals surface area contributed by atoms with Crippen LogP contribution in [0.2, 0.25) is 0 Å². The Balaban J connectivity index is 2.54. The van der Waals surface area contributed by atoms with Crippen LogP contribution in [-0.2, 0) is 9.53 Å². The Morgan fingerprint density at radius 1 is 1.55 bits per heavy atom. The maximum Gasteiger partial charge on any atom is 0.148 e. The third-order valence-corrected chi connectivity index (χ3v) is 2.73. The van der Waals surface area contributed by atoms with Crippen molar-refractivity contribution in [3.63, 3.8) is 0 Å². The van der Waals surface area contributed by atoms with Crippen LogP contribution in [0.15, 0.2) is 0 Å². The molecule has 64 valence electrons. The zero-order valence-corrected chi connectivity index (χ0v) is 7.30. The summed E-state index contributed by atoms with van der Waals surface area (Å²) in [5.74, 6) is 0. The predicted molar refractivity (Wildman–Crippen MR) is 43.5 cm³/mol. The summed E-state index contributed by atoms with van der Waals surface area (Å²) in [6.07, 6.45) is 4.79. The highest BCUT2D eigenvalue weighted by atomic mass is 16.5. The van der Waals surface area contributed by atoms with Crippen LogP contribution in [0.4, 0.5) is 0 Å². The Kier molecular flexibility index (Phi) is 2.66. The monoisotopic (exact) mass is 156 g/mol. The minimum Gasteiger partial charge on any atom is -0.364 e. The van der Waals surface area contributed by atoms with Crippen molar-refractivity contribution in [2.45, 2.75) is 51.2 Å². The van der Waals surface area contributed by atoms with E-state index in [1.165, 1.54) is 0 Å². The average molecular weight is 156 g/mol. The van der Waals surface area contributed by atoms with E-state index < -0.39 is 0 Å². The van der Waals surface area contributed by atoms with Gasteiger partial charge in [0.2, 0.25) is 0 Å². The van der Waals surface area contributed by atoms with Gasteiger partial charge in [-0.1, -0.05) is 13.8 Å². The zero-order chi connectivity index (χ0) is 8.32. The molecule has 0 aromatic heterocycles. The molecule has 1 atom stereocenters. The highest BCUT2D eigenvalue weighted by Gasteiger charge is 2.36. The van der Waals surface area contributed by atoms with Crippen molar-refractivity contribution in [2.24, 2.45) is 0 Å². The Morgan fingerprint density at radius 2 is 2.18 bits per heavy atom. The molecule has 11 heavy (non-hydrogen) atoms. The quantitative estimate of drug-likeness (QED) is 0.583. The molecule has 1 aliphatic heterocycles. The largest absolute Gasteiger partial charge is 0.364 e. The fourth-order valence-corrected chi connectivity index (χ4v) is 1.71. The summed E-state index contributed by atoms with van der Waals surface area (Å²) in [6, 6.07) is 0. The van der Waals surface area contributed by atoms with Crippen molar-refractivity contribution in [2.75, 3.05) is 0 Å². The van der Waals surface area contributed by atoms with Crippen molar-refractivity contribution >= 4 is 6.29 Å². The zero-order valence-electron chi connectivity index (χ0n) is 7.30. The van der Waals surface area contributed by atoms with Gasteiger partial charge in [-0.25, -0.2) is 0 Å². The smallest absolute Gasteiger partial charge is 0.148 e. The van der Waals surface area contributed by atoms with E-state index in [-0.39, 0.29) is 11.7 Å². The molecule has 0 N–H and O–H groups in total. The van der Waals surface area contributed by atoms with Gasteiger partial charge in [-0.05, 0) is 25.7 Å². The predicted octanol–water partition coefficient (Wildman–Crippen LogP) is 1.92. The van der Waals surface area contributed by atoms with Gasteiger partial charge < -0.3 is 9.53 Å². The number of carbonyl (C=O) groups is 1. The second-order valence-corrected chi connectivity index (χ2v) is 3.22. The highest BCUT2D eigenvalue weighted by Crippen LogP contribution is 2.34. The van der Waals surface area contributed by atoms with Gasteiger partial charge in [0.25, 0.3) is 0 Å². The molecule has 2 nitrogen and oxygen atoms in total. The molecule has 1 rings (SSSR count). The van der Waals surface area contributed by atoms with Gasteiger partial charge in [0.1, 0.15) is 12.4 Å². The van der Waals surface area contributed by atoms with Crippen LogP contribution in [0.3, 0.4) is 0 Å². The molecule has 0 spiro atoms. The summed E-state index contributed by atoms with van der Waals surface area (Å²) in [5.41, 5.74) is 0.0194. The van der Waals surface area contributed by atoms with Crippen molar-refractivity contribution in [3.8, 4) is 0 Å². The van der Waals surface area contributed by atoms with Gasteiger partial charge in [0.15, 0.2) is 0 Å². The molecule has 0 saturated carbocycles. The molecule has 1 aliphatic rings. The van der Waals surface area contributed by atoms with E-state index in [4.69, 9.17) is 4.74 Å². The molecule has 0 aromatic carbocycles. The maximum atomic E-state index is 10.4. The summed E-state index contributed by atoms with van der Waals surface area (Å²) in [6.45, 7) is 4.24. The lowest BCUT2D eigenvalue weighted by molar-refractivity contribution is -0.123. The first-order valence-electron chi connectivity index (χ1n) is 4.39. The highest BCUT2D eigenvalue weighted by molar-refractivity contribution is 5.56. The van der Waals surface area contributed by atoms with E-state index in [0.717, 1.165) is 32.0 Å². The first-order valence-corrected chi connectivity index (χ1v) is 4.39. The molecular formula is C9H16O2. The fraction of sp³-hybridized carbons (Fsp3) is 0.889. The summed E-state index contributed by atoms with van der Waals surface area (Å²) in [7, 11) is 0. The summed E-state index contributed by atoms with van der Waals surface area (Å²) in [4.78, 5) is 10.4. The average Bonchev–Trinajstić information content (AvgIpc) is 2.49. The van der Waals surface area contributed by atoms with E-state index in [1.54, 1.807) is 0 Å². The van der Waals surface area contributed by atoms with Crippen LogP contribution in [0.25, 0.3) is 0 Å². The van der Waals surface area contributed by atoms with Gasteiger partial charge in [-0.15, -0.1) is 0 Å². The lowest BCUT2D eigenvalue weighted by Gasteiger charge is -2.25. The fourth-order valence-electron chi connectivity index (χ4n) is 1.71. The Bertz CT molecular complexity index is 138. The first-order chi connectivity index (χ1) is 5.26. The van der Waals surface area contributed by atoms with E-state index >= 15 is 0 Å². The first kappa shape index (κ1) is 8.72. The van der Waals surface area contributed by atoms with Crippen LogP contribution in [0, 0.1) is 0 Å². The van der Waals surface area contributed by atoms with Crippen molar-refractivity contribution in [1.82, 2.24) is 0 Å². The third kappa shape index (κ3) is 1.62. The molecule has 2 heteroatoms. The molecule has 0 amide bonds. The number of hydrogen-bond donors (Lipinski definition) is 0. The van der Waals surface area contributed by atoms with E-state index in [0.29, 0.717) is 0 Å². The number of ether oxygens (including phenoxy) is 1. The van der Waals surface area contributed by atoms with Crippen LogP contribution in [-0.4, -0.2) is 18.0 Å². The Morgan fingerprint density at radius 3 is 2.45 bits per heavy atom. The molecule has 1 saturated heterocycles. The Labute approximate surface area is 67.9 Å².